The van der Waals surface area contributed by atoms with Gasteiger partial charge in [0.1, 0.15) is 0 Å². The van der Waals surface area contributed by atoms with Crippen LogP contribution in [0.3, 0.4) is 0 Å². The third-order valence-corrected chi connectivity index (χ3v) is 1.69. The van der Waals surface area contributed by atoms with Crippen LogP contribution in [0.1, 0.15) is 0 Å². The van der Waals surface area contributed by atoms with Gasteiger partial charge in [-0.05, 0) is 0 Å². The lowest BCUT2D eigenvalue weighted by atomic mass is 10.4. The van der Waals surface area contributed by atoms with Crippen molar-refractivity contribution in [2.24, 2.45) is 0 Å². The molecule has 0 fully saturated rings. The highest BCUT2D eigenvalue weighted by Gasteiger charge is 1.88. The van der Waals surface area contributed by atoms with Gasteiger partial charge in [-0.3, -0.25) is 8.38 Å². The fourth-order valence-corrected chi connectivity index (χ4v) is 0.965. The molecular formula is C14H29N2O2P. The summed E-state index contributed by atoms with van der Waals surface area (Å²) in [6.45, 7) is 0. The first-order valence-corrected chi connectivity index (χ1v) is 7.25. The van der Waals surface area contributed by atoms with Gasteiger partial charge in [0.25, 0.3) is 0 Å². The van der Waals surface area contributed by atoms with Crippen LogP contribution in [0, 0.1) is 0 Å². The van der Waals surface area contributed by atoms with Gasteiger partial charge in [0.15, 0.2) is 0 Å². The van der Waals surface area contributed by atoms with Crippen molar-refractivity contribution < 1.29 is 18.8 Å². The van der Waals surface area contributed by atoms with E-state index < -0.39 is 8.38 Å². The molecule has 0 N–H and O–H groups in total. The molecule has 0 saturated heterocycles. The van der Waals surface area contributed by atoms with Crippen molar-refractivity contribution in [2.45, 2.75) is 0 Å². The van der Waals surface area contributed by atoms with E-state index in [9.17, 15) is 9.79 Å². The van der Waals surface area contributed by atoms with Gasteiger partial charge in [-0.15, -0.1) is 0 Å². The molecule has 112 valence electrons. The smallest absolute Gasteiger partial charge is 0.0675 e. The first-order valence-electron chi connectivity index (χ1n) is 6.08. The van der Waals surface area contributed by atoms with Gasteiger partial charge in [-0.2, -0.15) is 0 Å². The highest BCUT2D eigenvalue weighted by Crippen LogP contribution is 2.08. The number of benzene rings is 1. The zero-order chi connectivity index (χ0) is 15.7. The lowest BCUT2D eigenvalue weighted by molar-refractivity contribution is -0.849. The Bertz CT molecular complexity index is 292. The summed E-state index contributed by atoms with van der Waals surface area (Å²) in [4.78, 5) is 20.5. The quantitative estimate of drug-likeness (QED) is 0.539. The second kappa shape index (κ2) is 9.40. The fourth-order valence-electron chi connectivity index (χ4n) is 0.550. The number of nitrogens with zero attached hydrogens (tertiary/aromatic N) is 2. The lowest BCUT2D eigenvalue weighted by Crippen LogP contribution is -2.27. The largest absolute Gasteiger partial charge is 0.838 e. The van der Waals surface area contributed by atoms with Crippen LogP contribution >= 0.6 is 8.38 Å². The topological polar surface area (TPSA) is 46.1 Å². The molecule has 1 aromatic carbocycles. The van der Waals surface area contributed by atoms with Gasteiger partial charge in [0.2, 0.25) is 0 Å². The zero-order valence-electron chi connectivity index (χ0n) is 13.5. The molecule has 19 heavy (non-hydrogen) atoms. The van der Waals surface area contributed by atoms with Crippen LogP contribution < -0.4 is 15.1 Å². The summed E-state index contributed by atoms with van der Waals surface area (Å²) in [6, 6.07) is 8.29. The Kier molecular flexibility index (Phi) is 10.3. The summed E-state index contributed by atoms with van der Waals surface area (Å²) in [5, 5.41) is 0.368. The SMILES string of the molecule is C[N+](C)(C)C.C[N+](C)(C)C.[O-]P([O-])c1ccccc1. The van der Waals surface area contributed by atoms with Gasteiger partial charge >= 0.3 is 0 Å². The van der Waals surface area contributed by atoms with Crippen molar-refractivity contribution in [3.8, 4) is 0 Å². The van der Waals surface area contributed by atoms with Crippen molar-refractivity contribution in [3.63, 3.8) is 0 Å². The van der Waals surface area contributed by atoms with Gasteiger partial charge in [0, 0.05) is 0 Å². The fraction of sp³-hybridized carbons (Fsp3) is 0.571. The Labute approximate surface area is 120 Å². The molecular weight excluding hydrogens is 259 g/mol. The van der Waals surface area contributed by atoms with Crippen LogP contribution in [-0.4, -0.2) is 65.3 Å². The second-order valence-electron chi connectivity index (χ2n) is 6.96. The van der Waals surface area contributed by atoms with Gasteiger partial charge in [-0.25, -0.2) is 0 Å². The molecule has 1 rings (SSSR count). The monoisotopic (exact) mass is 288 g/mol. The number of hydrogen-bond donors (Lipinski definition) is 0. The highest BCUT2D eigenvalue weighted by molar-refractivity contribution is 7.51. The van der Waals surface area contributed by atoms with Gasteiger partial charge in [-0.1, -0.05) is 35.6 Å². The summed E-state index contributed by atoms with van der Waals surface area (Å²) < 4.78 is 2.00. The maximum Gasteiger partial charge on any atom is 0.0675 e. The first-order chi connectivity index (χ1) is 8.30. The molecule has 0 aliphatic carbocycles. The van der Waals surface area contributed by atoms with E-state index in [0.717, 1.165) is 8.97 Å². The molecule has 1 aromatic rings. The van der Waals surface area contributed by atoms with Crippen LogP contribution in [0.4, 0.5) is 0 Å². The first kappa shape index (κ1) is 20.8. The summed E-state index contributed by atoms with van der Waals surface area (Å²) in [5.74, 6) is 0. The summed E-state index contributed by atoms with van der Waals surface area (Å²) >= 11 is 0. The number of hydrogen-bond acceptors (Lipinski definition) is 2. The lowest BCUT2D eigenvalue weighted by Gasteiger charge is -2.30. The van der Waals surface area contributed by atoms with E-state index in [0.29, 0.717) is 5.30 Å². The molecule has 0 bridgehead atoms. The zero-order valence-corrected chi connectivity index (χ0v) is 14.4. The van der Waals surface area contributed by atoms with E-state index in [2.05, 4.69) is 56.4 Å². The summed E-state index contributed by atoms with van der Waals surface area (Å²) in [7, 11) is 14.6. The molecule has 0 saturated carbocycles. The average molecular weight is 288 g/mol. The molecule has 5 heteroatoms. The highest BCUT2D eigenvalue weighted by atomic mass is 31.2. The third kappa shape index (κ3) is 31.8. The molecule has 0 atom stereocenters. The van der Waals surface area contributed by atoms with Crippen LogP contribution in [0.2, 0.25) is 0 Å². The minimum Gasteiger partial charge on any atom is -0.838 e. The summed E-state index contributed by atoms with van der Waals surface area (Å²) in [5.41, 5.74) is 0. The van der Waals surface area contributed by atoms with Crippen LogP contribution in [-0.2, 0) is 0 Å². The molecule has 0 amide bonds. The third-order valence-electron chi connectivity index (χ3n) is 0.967. The molecule has 0 aliphatic rings. The molecule has 4 nitrogen and oxygen atoms in total. The van der Waals surface area contributed by atoms with Crippen molar-refractivity contribution in [2.75, 3.05) is 56.4 Å². The molecule has 0 spiro atoms. The van der Waals surface area contributed by atoms with Crippen LogP contribution in [0.25, 0.3) is 0 Å². The number of rotatable bonds is 1. The molecule has 0 aliphatic heterocycles. The van der Waals surface area contributed by atoms with E-state index in [-0.39, 0.29) is 0 Å². The predicted octanol–water partition coefficient (Wildman–Crippen LogP) is -0.0108. The second-order valence-corrected chi connectivity index (χ2v) is 7.99. The summed E-state index contributed by atoms with van der Waals surface area (Å²) in [6.07, 6.45) is 0. The van der Waals surface area contributed by atoms with Crippen LogP contribution in [0.15, 0.2) is 30.3 Å². The Morgan fingerprint density at radius 3 is 1.11 bits per heavy atom. The van der Waals surface area contributed by atoms with Crippen LogP contribution in [0.5, 0.6) is 0 Å². The Hall–Kier alpha value is -0.510. The van der Waals surface area contributed by atoms with Crippen molar-refractivity contribution in [1.82, 2.24) is 0 Å². The van der Waals surface area contributed by atoms with Crippen molar-refractivity contribution >= 4 is 13.7 Å². The Morgan fingerprint density at radius 2 is 0.947 bits per heavy atom. The Balaban J connectivity index is 0. The standard InChI is InChI=1S/C6H5O2P.2C4H12N/c7-9(8)6-4-2-1-3-5-6;2*1-5(2,3)4/h1-5H;2*1-4H3/q-2;2*+1. The molecule has 0 radical (unpaired) electrons. The minimum absolute atomic E-state index is 0.368. The normalized spacial score (nSPS) is 11.1. The van der Waals surface area contributed by atoms with Gasteiger partial charge < -0.3 is 18.8 Å². The van der Waals surface area contributed by atoms with E-state index in [1.807, 2.05) is 0 Å². The minimum atomic E-state index is -2.40. The predicted molar refractivity (Wildman–Crippen MR) is 80.9 cm³/mol. The van der Waals surface area contributed by atoms with E-state index >= 15 is 0 Å². The van der Waals surface area contributed by atoms with Crippen molar-refractivity contribution in [1.29, 1.82) is 0 Å². The van der Waals surface area contributed by atoms with E-state index in [1.54, 1.807) is 30.3 Å². The molecule has 0 aromatic heterocycles. The van der Waals surface area contributed by atoms with E-state index in [4.69, 9.17) is 0 Å². The maximum absolute atomic E-state index is 10.2. The molecule has 0 heterocycles. The molecule has 0 unspecified atom stereocenters. The van der Waals surface area contributed by atoms with Crippen molar-refractivity contribution in [3.05, 3.63) is 30.3 Å². The average Bonchev–Trinajstić information content (AvgIpc) is 2.13. The number of quaternary nitrogens is 2. The van der Waals surface area contributed by atoms with Gasteiger partial charge in [0.05, 0.1) is 56.4 Å². The Morgan fingerprint density at radius 1 is 0.684 bits per heavy atom. The van der Waals surface area contributed by atoms with E-state index in [1.165, 1.54) is 0 Å². The maximum atomic E-state index is 10.2.